The van der Waals surface area contributed by atoms with E-state index in [4.69, 9.17) is 4.74 Å². The monoisotopic (exact) mass is 421 g/mol. The molecule has 0 saturated carbocycles. The third-order valence-electron chi connectivity index (χ3n) is 5.42. The molecule has 3 rings (SSSR count). The molecule has 2 aromatic carbocycles. The van der Waals surface area contributed by atoms with Gasteiger partial charge in [-0.3, -0.25) is 14.5 Å². The van der Waals surface area contributed by atoms with Crippen molar-refractivity contribution in [2.24, 2.45) is 5.92 Å². The van der Waals surface area contributed by atoms with Gasteiger partial charge in [0.1, 0.15) is 5.75 Å². The summed E-state index contributed by atoms with van der Waals surface area (Å²) in [6.45, 7) is 10.5. The first-order valence-electron chi connectivity index (χ1n) is 10.9. The zero-order valence-corrected chi connectivity index (χ0v) is 18.9. The van der Waals surface area contributed by atoms with E-state index in [0.29, 0.717) is 24.0 Å². The molecule has 0 aliphatic carbocycles. The van der Waals surface area contributed by atoms with Gasteiger partial charge in [0, 0.05) is 12.1 Å². The molecule has 1 N–H and O–H groups in total. The summed E-state index contributed by atoms with van der Waals surface area (Å²) in [7, 11) is 0. The van der Waals surface area contributed by atoms with Crippen LogP contribution in [-0.4, -0.2) is 23.4 Å². The highest BCUT2D eigenvalue weighted by molar-refractivity contribution is 6.16. The Morgan fingerprint density at radius 2 is 1.77 bits per heavy atom. The normalized spacial score (nSPS) is 16.5. The zero-order valence-electron chi connectivity index (χ0n) is 18.9. The Labute approximate surface area is 184 Å². The van der Waals surface area contributed by atoms with Crippen molar-refractivity contribution in [1.82, 2.24) is 0 Å². The van der Waals surface area contributed by atoms with Gasteiger partial charge in [-0.05, 0) is 54.2 Å². The predicted octanol–water partition coefficient (Wildman–Crippen LogP) is 5.72. The van der Waals surface area contributed by atoms with Gasteiger partial charge < -0.3 is 9.84 Å². The van der Waals surface area contributed by atoms with Crippen LogP contribution < -0.4 is 9.64 Å². The maximum Gasteiger partial charge on any atom is 0.294 e. The first kappa shape index (κ1) is 22.6. The second-order valence-corrected chi connectivity index (χ2v) is 8.61. The maximum absolute atomic E-state index is 13.2. The number of Topliss-reactive ketones (excluding diaryl/α,β-unsaturated/α-hetero) is 1. The van der Waals surface area contributed by atoms with Crippen molar-refractivity contribution in [3.63, 3.8) is 0 Å². The molecule has 164 valence electrons. The van der Waals surface area contributed by atoms with Crippen LogP contribution in [-0.2, 0) is 9.59 Å². The lowest BCUT2D eigenvalue weighted by Gasteiger charge is -2.27. The van der Waals surface area contributed by atoms with Gasteiger partial charge in [0.15, 0.2) is 11.5 Å². The summed E-state index contributed by atoms with van der Waals surface area (Å²) in [5.41, 5.74) is 2.67. The quantitative estimate of drug-likeness (QED) is 0.592. The molecule has 0 spiro atoms. The third kappa shape index (κ3) is 4.66. The fraction of sp³-hybridized carbons (Fsp3) is 0.385. The van der Waals surface area contributed by atoms with Crippen LogP contribution in [0.3, 0.4) is 0 Å². The minimum Gasteiger partial charge on any atom is -0.503 e. The van der Waals surface area contributed by atoms with Crippen LogP contribution in [0.4, 0.5) is 5.69 Å². The first-order chi connectivity index (χ1) is 14.7. The van der Waals surface area contributed by atoms with E-state index in [2.05, 4.69) is 13.8 Å². The smallest absolute Gasteiger partial charge is 0.294 e. The molecule has 1 heterocycles. The topological polar surface area (TPSA) is 66.8 Å². The molecule has 1 aliphatic heterocycles. The van der Waals surface area contributed by atoms with Crippen LogP contribution in [0.1, 0.15) is 64.1 Å². The van der Waals surface area contributed by atoms with E-state index in [0.717, 1.165) is 11.1 Å². The van der Waals surface area contributed by atoms with Crippen molar-refractivity contribution in [2.45, 2.75) is 53.0 Å². The van der Waals surface area contributed by atoms with E-state index in [1.165, 1.54) is 4.90 Å². The molecule has 1 unspecified atom stereocenters. The van der Waals surface area contributed by atoms with Crippen molar-refractivity contribution < 1.29 is 19.4 Å². The minimum atomic E-state index is -0.705. The van der Waals surface area contributed by atoms with E-state index < -0.39 is 17.7 Å². The Kier molecular flexibility index (Phi) is 6.84. The number of carbonyl (C=O) groups excluding carboxylic acids is 2. The van der Waals surface area contributed by atoms with Crippen molar-refractivity contribution in [3.8, 4) is 5.75 Å². The van der Waals surface area contributed by atoms with E-state index in [9.17, 15) is 14.7 Å². The lowest BCUT2D eigenvalue weighted by molar-refractivity contribution is -0.118. The fourth-order valence-electron chi connectivity index (χ4n) is 3.91. The number of nitrogens with zero attached hydrogens (tertiary/aromatic N) is 1. The lowest BCUT2D eigenvalue weighted by atomic mass is 9.92. The Morgan fingerprint density at radius 1 is 1.10 bits per heavy atom. The number of carbonyl (C=O) groups is 2. The molecule has 5 nitrogen and oxygen atoms in total. The molecule has 0 saturated heterocycles. The number of ketones is 1. The number of anilines is 1. The van der Waals surface area contributed by atoms with Gasteiger partial charge in [0.05, 0.1) is 18.2 Å². The summed E-state index contributed by atoms with van der Waals surface area (Å²) >= 11 is 0. The molecular formula is C26H31NO4. The van der Waals surface area contributed by atoms with E-state index >= 15 is 0 Å². The number of amides is 1. The number of ether oxygens (including phenoxy) is 1. The molecule has 0 fully saturated rings. The number of aliphatic hydroxyl groups is 1. The summed E-state index contributed by atoms with van der Waals surface area (Å²) in [5, 5.41) is 10.8. The van der Waals surface area contributed by atoms with Crippen LogP contribution in [0, 0.1) is 5.92 Å². The highest BCUT2D eigenvalue weighted by Gasteiger charge is 2.44. The van der Waals surface area contributed by atoms with Crippen molar-refractivity contribution in [1.29, 1.82) is 0 Å². The molecular weight excluding hydrogens is 390 g/mol. The van der Waals surface area contributed by atoms with E-state index in [1.807, 2.05) is 69.3 Å². The highest BCUT2D eigenvalue weighted by atomic mass is 16.5. The van der Waals surface area contributed by atoms with Crippen LogP contribution in [0.25, 0.3) is 0 Å². The van der Waals surface area contributed by atoms with Gasteiger partial charge >= 0.3 is 0 Å². The molecule has 1 aliphatic rings. The first-order valence-corrected chi connectivity index (χ1v) is 10.9. The van der Waals surface area contributed by atoms with Crippen LogP contribution >= 0.6 is 0 Å². The van der Waals surface area contributed by atoms with Crippen molar-refractivity contribution in [3.05, 3.63) is 71.0 Å². The molecule has 2 aromatic rings. The number of benzene rings is 2. The van der Waals surface area contributed by atoms with Gasteiger partial charge in [-0.2, -0.15) is 0 Å². The Hall–Kier alpha value is -3.08. The van der Waals surface area contributed by atoms with Crippen LogP contribution in [0.5, 0.6) is 5.75 Å². The van der Waals surface area contributed by atoms with Gasteiger partial charge in [-0.15, -0.1) is 0 Å². The predicted molar refractivity (Wildman–Crippen MR) is 122 cm³/mol. The van der Waals surface area contributed by atoms with Crippen molar-refractivity contribution >= 4 is 17.4 Å². The van der Waals surface area contributed by atoms with Crippen LogP contribution in [0.15, 0.2) is 59.9 Å². The van der Waals surface area contributed by atoms with E-state index in [-0.39, 0.29) is 23.7 Å². The fourth-order valence-corrected chi connectivity index (χ4v) is 3.91. The highest BCUT2D eigenvalue weighted by Crippen LogP contribution is 2.42. The van der Waals surface area contributed by atoms with Gasteiger partial charge in [-0.1, -0.05) is 52.0 Å². The number of rotatable bonds is 8. The SMILES string of the molecule is CCOc1cccc(C2C(C(=O)CC(C)C)=C(O)C(=O)N2c2ccc(C(C)C)cc2)c1. The lowest BCUT2D eigenvalue weighted by Crippen LogP contribution is -2.31. The van der Waals surface area contributed by atoms with Gasteiger partial charge in [0.25, 0.3) is 5.91 Å². The number of aliphatic hydroxyl groups excluding tert-OH is 1. The zero-order chi connectivity index (χ0) is 22.7. The summed E-state index contributed by atoms with van der Waals surface area (Å²) in [6.07, 6.45) is 0.258. The summed E-state index contributed by atoms with van der Waals surface area (Å²) < 4.78 is 5.64. The van der Waals surface area contributed by atoms with Crippen LogP contribution in [0.2, 0.25) is 0 Å². The Morgan fingerprint density at radius 3 is 2.35 bits per heavy atom. The third-order valence-corrected chi connectivity index (χ3v) is 5.42. The molecule has 5 heteroatoms. The van der Waals surface area contributed by atoms with Gasteiger partial charge in [-0.25, -0.2) is 0 Å². The molecule has 0 radical (unpaired) electrons. The largest absolute Gasteiger partial charge is 0.503 e. The maximum atomic E-state index is 13.2. The van der Waals surface area contributed by atoms with Gasteiger partial charge in [0.2, 0.25) is 0 Å². The van der Waals surface area contributed by atoms with E-state index in [1.54, 1.807) is 0 Å². The summed E-state index contributed by atoms with van der Waals surface area (Å²) in [6, 6.07) is 14.4. The average molecular weight is 422 g/mol. The molecule has 1 amide bonds. The molecule has 0 bridgehead atoms. The van der Waals surface area contributed by atoms with Crippen molar-refractivity contribution in [2.75, 3.05) is 11.5 Å². The summed E-state index contributed by atoms with van der Waals surface area (Å²) in [4.78, 5) is 27.8. The average Bonchev–Trinajstić information content (AvgIpc) is 2.99. The molecule has 31 heavy (non-hydrogen) atoms. The second kappa shape index (κ2) is 9.38. The number of hydrogen-bond acceptors (Lipinski definition) is 4. The molecule has 0 aromatic heterocycles. The standard InChI is InChI=1S/C26H31NO4/c1-6-31-21-9-7-8-19(15-21)24-23(22(28)14-16(2)3)25(29)26(30)27(24)20-12-10-18(11-13-20)17(4)5/h7-13,15-17,24,29H,6,14H2,1-5H3. The Bertz CT molecular complexity index is 989. The number of hydrogen-bond donors (Lipinski definition) is 1. The summed E-state index contributed by atoms with van der Waals surface area (Å²) in [5.74, 6) is -0.116. The Balaban J connectivity index is 2.12. The second-order valence-electron chi connectivity index (χ2n) is 8.61. The minimum absolute atomic E-state index is 0.109. The molecule has 1 atom stereocenters.